The molecule has 1 atom stereocenters. The lowest BCUT2D eigenvalue weighted by atomic mass is 9.74. The number of ether oxygens (including phenoxy) is 1. The molecule has 3 N–H and O–H groups in total. The molecule has 1 heterocycles. The van der Waals surface area contributed by atoms with E-state index >= 15 is 0 Å². The Morgan fingerprint density at radius 1 is 1.30 bits per heavy atom. The zero-order chi connectivity index (χ0) is 16.7. The minimum atomic E-state index is -0.411. The number of hydrogen-bond donors (Lipinski definition) is 3. The van der Waals surface area contributed by atoms with Crippen LogP contribution in [0.3, 0.4) is 0 Å². The molecule has 1 aromatic carbocycles. The predicted octanol–water partition coefficient (Wildman–Crippen LogP) is 2.46. The van der Waals surface area contributed by atoms with Gasteiger partial charge in [-0.3, -0.25) is 0 Å². The van der Waals surface area contributed by atoms with E-state index in [1.54, 1.807) is 6.92 Å². The fourth-order valence-electron chi connectivity index (χ4n) is 2.84. The van der Waals surface area contributed by atoms with Gasteiger partial charge in [0.05, 0.1) is 6.10 Å². The zero-order valence-corrected chi connectivity index (χ0v) is 14.2. The molecule has 2 rings (SSSR count). The van der Waals surface area contributed by atoms with Crippen LogP contribution in [0.5, 0.6) is 0 Å². The van der Waals surface area contributed by atoms with Gasteiger partial charge in [-0.05, 0) is 43.9 Å². The highest BCUT2D eigenvalue weighted by molar-refractivity contribution is 6.30. The molecular formula is C17H25ClN2O3. The van der Waals surface area contributed by atoms with Crippen LogP contribution in [0.4, 0.5) is 4.79 Å². The maximum Gasteiger partial charge on any atom is 0.314 e. The molecule has 6 heteroatoms. The number of hydrogen-bond acceptors (Lipinski definition) is 3. The smallest absolute Gasteiger partial charge is 0.314 e. The maximum atomic E-state index is 11.9. The van der Waals surface area contributed by atoms with Crippen molar-refractivity contribution >= 4 is 17.6 Å². The molecule has 1 aliphatic heterocycles. The normalized spacial score (nSPS) is 18.2. The summed E-state index contributed by atoms with van der Waals surface area (Å²) < 4.78 is 5.49. The second-order valence-corrected chi connectivity index (χ2v) is 6.58. The molecule has 0 radical (unpaired) electrons. The average molecular weight is 341 g/mol. The third-order valence-corrected chi connectivity index (χ3v) is 4.59. The van der Waals surface area contributed by atoms with Crippen LogP contribution in [-0.2, 0) is 10.2 Å². The van der Waals surface area contributed by atoms with Gasteiger partial charge in [0, 0.05) is 36.7 Å². The number of nitrogens with one attached hydrogen (secondary N) is 2. The number of aliphatic hydroxyl groups is 1. The number of halogens is 1. The number of aliphatic hydroxyl groups excluding tert-OH is 1. The van der Waals surface area contributed by atoms with Crippen LogP contribution in [0.2, 0.25) is 5.02 Å². The summed E-state index contributed by atoms with van der Waals surface area (Å²) in [5.41, 5.74) is 1.05. The highest BCUT2D eigenvalue weighted by atomic mass is 35.5. The van der Waals surface area contributed by atoms with Gasteiger partial charge in [0.1, 0.15) is 0 Å². The highest BCUT2D eigenvalue weighted by Gasteiger charge is 2.34. The van der Waals surface area contributed by atoms with Gasteiger partial charge in [-0.2, -0.15) is 0 Å². The lowest BCUT2D eigenvalue weighted by Crippen LogP contribution is -2.47. The van der Waals surface area contributed by atoms with Crippen molar-refractivity contribution in [2.24, 2.45) is 0 Å². The first-order valence-electron chi connectivity index (χ1n) is 8.05. The van der Waals surface area contributed by atoms with Crippen molar-refractivity contribution in [2.45, 2.75) is 37.7 Å². The maximum absolute atomic E-state index is 11.9. The van der Waals surface area contributed by atoms with E-state index in [4.69, 9.17) is 16.3 Å². The Morgan fingerprint density at radius 2 is 1.96 bits per heavy atom. The van der Waals surface area contributed by atoms with Crippen LogP contribution >= 0.6 is 11.6 Å². The standard InChI is InChI=1S/C17H25ClN2O3/c1-13(21)6-9-19-16(22)20-12-17(7-10-23-11-8-17)14-2-4-15(18)5-3-14/h2-5,13,21H,6-12H2,1H3,(H2,19,20,22). The van der Waals surface area contributed by atoms with Crippen molar-refractivity contribution in [3.05, 3.63) is 34.9 Å². The molecule has 2 amide bonds. The van der Waals surface area contributed by atoms with Gasteiger partial charge in [-0.1, -0.05) is 23.7 Å². The average Bonchev–Trinajstić information content (AvgIpc) is 2.54. The summed E-state index contributed by atoms with van der Waals surface area (Å²) in [5, 5.41) is 15.7. The molecule has 23 heavy (non-hydrogen) atoms. The molecule has 0 spiro atoms. The summed E-state index contributed by atoms with van der Waals surface area (Å²) in [7, 11) is 0. The third-order valence-electron chi connectivity index (χ3n) is 4.34. The second-order valence-electron chi connectivity index (χ2n) is 6.15. The molecule has 0 saturated carbocycles. The fourth-order valence-corrected chi connectivity index (χ4v) is 2.97. The summed E-state index contributed by atoms with van der Waals surface area (Å²) in [5.74, 6) is 0. The first-order chi connectivity index (χ1) is 11.0. The first-order valence-corrected chi connectivity index (χ1v) is 8.43. The molecular weight excluding hydrogens is 316 g/mol. The molecule has 1 fully saturated rings. The van der Waals surface area contributed by atoms with Gasteiger partial charge in [0.2, 0.25) is 0 Å². The lowest BCUT2D eigenvalue weighted by Gasteiger charge is -2.38. The summed E-state index contributed by atoms with van der Waals surface area (Å²) in [6.45, 7) is 4.10. The zero-order valence-electron chi connectivity index (χ0n) is 13.5. The first kappa shape index (κ1) is 18.0. The Bertz CT molecular complexity index is 499. The Hall–Kier alpha value is -1.30. The molecule has 1 saturated heterocycles. The molecule has 0 aliphatic carbocycles. The summed E-state index contributed by atoms with van der Waals surface area (Å²) in [6, 6.07) is 7.63. The van der Waals surface area contributed by atoms with Crippen LogP contribution in [0.25, 0.3) is 0 Å². The van der Waals surface area contributed by atoms with Crippen LogP contribution in [-0.4, -0.2) is 43.5 Å². The number of carbonyl (C=O) groups excluding carboxylic acids is 1. The quantitative estimate of drug-likeness (QED) is 0.745. The minimum Gasteiger partial charge on any atom is -0.393 e. The molecule has 1 aliphatic rings. The van der Waals surface area contributed by atoms with Crippen LogP contribution in [0.15, 0.2) is 24.3 Å². The van der Waals surface area contributed by atoms with E-state index in [0.29, 0.717) is 37.7 Å². The summed E-state index contributed by atoms with van der Waals surface area (Å²) >= 11 is 5.98. The molecule has 0 aromatic heterocycles. The Balaban J connectivity index is 1.96. The van der Waals surface area contributed by atoms with Gasteiger partial charge in [-0.25, -0.2) is 4.79 Å². The van der Waals surface area contributed by atoms with Gasteiger partial charge < -0.3 is 20.5 Å². The topological polar surface area (TPSA) is 70.6 Å². The second kappa shape index (κ2) is 8.52. The fraction of sp³-hybridized carbons (Fsp3) is 0.588. The number of rotatable bonds is 6. The van der Waals surface area contributed by atoms with E-state index in [9.17, 15) is 9.90 Å². The molecule has 1 aromatic rings. The molecule has 128 valence electrons. The molecule has 0 bridgehead atoms. The van der Waals surface area contributed by atoms with Gasteiger partial charge >= 0.3 is 6.03 Å². The Labute approximate surface area is 142 Å². The predicted molar refractivity (Wildman–Crippen MR) is 90.9 cm³/mol. The summed E-state index contributed by atoms with van der Waals surface area (Å²) in [6.07, 6.45) is 1.86. The largest absolute Gasteiger partial charge is 0.393 e. The van der Waals surface area contributed by atoms with Gasteiger partial charge in [0.15, 0.2) is 0 Å². The van der Waals surface area contributed by atoms with Crippen molar-refractivity contribution in [2.75, 3.05) is 26.3 Å². The van der Waals surface area contributed by atoms with Crippen molar-refractivity contribution in [3.63, 3.8) is 0 Å². The number of carbonyl (C=O) groups is 1. The monoisotopic (exact) mass is 340 g/mol. The van der Waals surface area contributed by atoms with E-state index in [1.165, 1.54) is 5.56 Å². The minimum absolute atomic E-state index is 0.121. The van der Waals surface area contributed by atoms with E-state index in [0.717, 1.165) is 12.8 Å². The lowest BCUT2D eigenvalue weighted by molar-refractivity contribution is 0.0507. The number of urea groups is 1. The van der Waals surface area contributed by atoms with Crippen LogP contribution < -0.4 is 10.6 Å². The van der Waals surface area contributed by atoms with E-state index in [-0.39, 0.29) is 11.4 Å². The van der Waals surface area contributed by atoms with E-state index in [1.807, 2.05) is 24.3 Å². The van der Waals surface area contributed by atoms with Crippen molar-refractivity contribution in [1.29, 1.82) is 0 Å². The summed E-state index contributed by atoms with van der Waals surface area (Å²) in [4.78, 5) is 11.9. The Morgan fingerprint density at radius 3 is 2.57 bits per heavy atom. The van der Waals surface area contributed by atoms with Crippen molar-refractivity contribution in [3.8, 4) is 0 Å². The van der Waals surface area contributed by atoms with Crippen LogP contribution in [0, 0.1) is 0 Å². The van der Waals surface area contributed by atoms with Gasteiger partial charge in [0.25, 0.3) is 0 Å². The molecule has 5 nitrogen and oxygen atoms in total. The number of amides is 2. The Kier molecular flexibility index (Phi) is 6.69. The third kappa shape index (κ3) is 5.37. The van der Waals surface area contributed by atoms with E-state index in [2.05, 4.69) is 10.6 Å². The highest BCUT2D eigenvalue weighted by Crippen LogP contribution is 2.34. The molecule has 1 unspecified atom stereocenters. The SMILES string of the molecule is CC(O)CCNC(=O)NCC1(c2ccc(Cl)cc2)CCOCC1. The van der Waals surface area contributed by atoms with Crippen LogP contribution in [0.1, 0.15) is 31.7 Å². The number of benzene rings is 1. The van der Waals surface area contributed by atoms with Crippen molar-refractivity contribution < 1.29 is 14.6 Å². The van der Waals surface area contributed by atoms with Gasteiger partial charge in [-0.15, -0.1) is 0 Å². The van der Waals surface area contributed by atoms with E-state index < -0.39 is 6.10 Å². The van der Waals surface area contributed by atoms with Crippen molar-refractivity contribution in [1.82, 2.24) is 10.6 Å².